The van der Waals surface area contributed by atoms with E-state index in [1.165, 1.54) is 231 Å². The first-order valence-electron chi connectivity index (χ1n) is 28.7. The molecule has 0 spiro atoms. The topological polar surface area (TPSA) is 149 Å². The lowest BCUT2D eigenvalue weighted by Gasteiger charge is -2.40. The Hall–Kier alpha value is -0.810. The zero-order chi connectivity index (χ0) is 47.3. The van der Waals surface area contributed by atoms with Crippen LogP contribution in [0.15, 0.2) is 0 Å². The monoisotopic (exact) mass is 926 g/mol. The molecule has 0 aromatic carbocycles. The molecule has 9 heteroatoms. The summed E-state index contributed by atoms with van der Waals surface area (Å²) in [6, 6.07) is -0.713. The Labute approximate surface area is 402 Å². The Bertz CT molecular complexity index is 986. The van der Waals surface area contributed by atoms with E-state index in [-0.39, 0.29) is 12.5 Å². The van der Waals surface area contributed by atoms with E-state index in [9.17, 15) is 30.3 Å². The smallest absolute Gasteiger partial charge is 0.220 e. The maximum absolute atomic E-state index is 13.1. The fourth-order valence-electron chi connectivity index (χ4n) is 9.64. The highest BCUT2D eigenvalue weighted by Gasteiger charge is 2.44. The number of hydrogen-bond donors (Lipinski definition) is 6. The van der Waals surface area contributed by atoms with Gasteiger partial charge in [0.05, 0.1) is 25.4 Å². The van der Waals surface area contributed by atoms with Crippen molar-refractivity contribution in [2.24, 2.45) is 0 Å². The average Bonchev–Trinajstić information content (AvgIpc) is 3.31. The molecule has 1 aliphatic rings. The van der Waals surface area contributed by atoms with Crippen LogP contribution in [0.1, 0.15) is 296 Å². The zero-order valence-corrected chi connectivity index (χ0v) is 43.0. The summed E-state index contributed by atoms with van der Waals surface area (Å²) in [5.41, 5.74) is 0. The van der Waals surface area contributed by atoms with Gasteiger partial charge in [0.15, 0.2) is 6.29 Å². The minimum Gasteiger partial charge on any atom is -0.394 e. The van der Waals surface area contributed by atoms with Gasteiger partial charge in [-0.05, 0) is 12.8 Å². The van der Waals surface area contributed by atoms with Crippen LogP contribution in [0, 0.1) is 0 Å². The van der Waals surface area contributed by atoms with Crippen LogP contribution in [0.4, 0.5) is 0 Å². The largest absolute Gasteiger partial charge is 0.394 e. The number of ether oxygens (including phenoxy) is 2. The van der Waals surface area contributed by atoms with Gasteiger partial charge in [-0.2, -0.15) is 0 Å². The molecule has 0 aromatic rings. The maximum atomic E-state index is 13.1. The second-order valence-corrected chi connectivity index (χ2v) is 20.5. The third kappa shape index (κ3) is 36.8. The Morgan fingerprint density at radius 1 is 0.462 bits per heavy atom. The van der Waals surface area contributed by atoms with Crippen molar-refractivity contribution in [1.82, 2.24) is 5.32 Å². The summed E-state index contributed by atoms with van der Waals surface area (Å²) in [5, 5.41) is 54.6. The molecule has 0 aliphatic carbocycles. The normalized spacial score (nSPS) is 19.8. The van der Waals surface area contributed by atoms with Crippen LogP contribution in [0.5, 0.6) is 0 Å². The van der Waals surface area contributed by atoms with Crippen molar-refractivity contribution in [3.8, 4) is 0 Å². The van der Waals surface area contributed by atoms with Crippen molar-refractivity contribution in [2.75, 3.05) is 13.2 Å². The zero-order valence-electron chi connectivity index (χ0n) is 43.0. The van der Waals surface area contributed by atoms with Gasteiger partial charge in [-0.1, -0.05) is 277 Å². The van der Waals surface area contributed by atoms with Crippen LogP contribution in [-0.4, -0.2) is 87.5 Å². The molecule has 0 aromatic heterocycles. The first-order chi connectivity index (χ1) is 31.8. The van der Waals surface area contributed by atoms with Crippen molar-refractivity contribution in [2.45, 2.75) is 339 Å². The quantitative estimate of drug-likeness (QED) is 0.0330. The standard InChI is InChI=1S/C56H111NO8/c1-3-5-7-9-11-13-15-17-19-20-21-22-23-24-25-26-27-28-29-30-32-34-36-38-40-42-44-46-52(60)57-49(48-64-56-55(63)54(62)53(61)51(47-58)65-56)50(59)45-43-41-39-37-35-33-31-18-16-14-12-10-8-6-4-2/h49-51,53-56,58-59,61-63H,3-48H2,1-2H3,(H,57,60). The number of unbranched alkanes of at least 4 members (excludes halogenated alkanes) is 40. The number of rotatable bonds is 50. The summed E-state index contributed by atoms with van der Waals surface area (Å²) in [7, 11) is 0. The third-order valence-corrected chi connectivity index (χ3v) is 14.2. The average molecular weight is 927 g/mol. The van der Waals surface area contributed by atoms with Gasteiger partial charge in [-0.25, -0.2) is 0 Å². The summed E-state index contributed by atoms with van der Waals surface area (Å²) in [5.74, 6) is -0.137. The van der Waals surface area contributed by atoms with Gasteiger partial charge in [0.25, 0.3) is 0 Å². The van der Waals surface area contributed by atoms with Gasteiger partial charge >= 0.3 is 0 Å². The fraction of sp³-hybridized carbons (Fsp3) is 0.982. The summed E-state index contributed by atoms with van der Waals surface area (Å²) in [6.45, 7) is 3.88. The van der Waals surface area contributed by atoms with Gasteiger partial charge < -0.3 is 40.3 Å². The molecule has 1 heterocycles. The highest BCUT2D eigenvalue weighted by molar-refractivity contribution is 5.76. The molecular weight excluding hydrogens is 815 g/mol. The Balaban J connectivity index is 2.15. The lowest BCUT2D eigenvalue weighted by molar-refractivity contribution is -0.302. The Kier molecular flexibility index (Phi) is 44.9. The molecule has 1 aliphatic heterocycles. The first kappa shape index (κ1) is 62.2. The third-order valence-electron chi connectivity index (χ3n) is 14.2. The van der Waals surface area contributed by atoms with Crippen molar-refractivity contribution >= 4 is 5.91 Å². The van der Waals surface area contributed by atoms with Crippen LogP contribution in [0.25, 0.3) is 0 Å². The van der Waals surface area contributed by atoms with E-state index in [1.54, 1.807) is 0 Å². The minimum absolute atomic E-state index is 0.131. The summed E-state index contributed by atoms with van der Waals surface area (Å²) < 4.78 is 11.3. The highest BCUT2D eigenvalue weighted by atomic mass is 16.7. The van der Waals surface area contributed by atoms with Gasteiger partial charge in [0, 0.05) is 6.42 Å². The van der Waals surface area contributed by atoms with E-state index < -0.39 is 49.5 Å². The van der Waals surface area contributed by atoms with Crippen molar-refractivity contribution in [3.05, 3.63) is 0 Å². The number of carbonyl (C=O) groups excluding carboxylic acids is 1. The lowest BCUT2D eigenvalue weighted by Crippen LogP contribution is -2.60. The molecule has 0 bridgehead atoms. The predicted octanol–water partition coefficient (Wildman–Crippen LogP) is 13.9. The predicted molar refractivity (Wildman–Crippen MR) is 272 cm³/mol. The van der Waals surface area contributed by atoms with Crippen molar-refractivity contribution in [1.29, 1.82) is 0 Å². The number of carbonyl (C=O) groups is 1. The van der Waals surface area contributed by atoms with Gasteiger partial charge in [-0.15, -0.1) is 0 Å². The summed E-state index contributed by atoms with van der Waals surface area (Å²) in [4.78, 5) is 13.1. The lowest BCUT2D eigenvalue weighted by atomic mass is 9.99. The van der Waals surface area contributed by atoms with Crippen molar-refractivity contribution in [3.63, 3.8) is 0 Å². The van der Waals surface area contributed by atoms with E-state index in [2.05, 4.69) is 19.2 Å². The summed E-state index contributed by atoms with van der Waals surface area (Å²) in [6.07, 6.45) is 48.5. The van der Waals surface area contributed by atoms with Gasteiger partial charge in [0.2, 0.25) is 5.91 Å². The van der Waals surface area contributed by atoms with Crippen molar-refractivity contribution < 1.29 is 39.8 Å². The van der Waals surface area contributed by atoms with E-state index in [0.29, 0.717) is 12.8 Å². The number of amides is 1. The van der Waals surface area contributed by atoms with E-state index in [0.717, 1.165) is 38.5 Å². The highest BCUT2D eigenvalue weighted by Crippen LogP contribution is 2.23. The minimum atomic E-state index is -1.55. The summed E-state index contributed by atoms with van der Waals surface area (Å²) >= 11 is 0. The number of aliphatic hydroxyl groups is 5. The van der Waals surface area contributed by atoms with E-state index in [1.807, 2.05) is 0 Å². The number of hydrogen-bond acceptors (Lipinski definition) is 8. The maximum Gasteiger partial charge on any atom is 0.220 e. The molecule has 7 unspecified atom stereocenters. The second-order valence-electron chi connectivity index (χ2n) is 20.5. The first-order valence-corrected chi connectivity index (χ1v) is 28.7. The molecule has 388 valence electrons. The van der Waals surface area contributed by atoms with Crippen LogP contribution < -0.4 is 5.32 Å². The van der Waals surface area contributed by atoms with E-state index in [4.69, 9.17) is 9.47 Å². The molecular formula is C56H111NO8. The molecule has 1 saturated heterocycles. The van der Waals surface area contributed by atoms with Crippen LogP contribution >= 0.6 is 0 Å². The molecule has 0 saturated carbocycles. The Morgan fingerprint density at radius 2 is 0.769 bits per heavy atom. The molecule has 9 nitrogen and oxygen atoms in total. The fourth-order valence-corrected chi connectivity index (χ4v) is 9.64. The molecule has 0 radical (unpaired) electrons. The molecule has 7 atom stereocenters. The molecule has 6 N–H and O–H groups in total. The number of aliphatic hydroxyl groups excluding tert-OH is 5. The molecule has 65 heavy (non-hydrogen) atoms. The second kappa shape index (κ2) is 46.9. The van der Waals surface area contributed by atoms with Crippen LogP contribution in [0.2, 0.25) is 0 Å². The van der Waals surface area contributed by atoms with Crippen LogP contribution in [-0.2, 0) is 14.3 Å². The molecule has 1 amide bonds. The van der Waals surface area contributed by atoms with Gasteiger partial charge in [-0.3, -0.25) is 4.79 Å². The Morgan fingerprint density at radius 3 is 1.09 bits per heavy atom. The molecule has 1 fully saturated rings. The van der Waals surface area contributed by atoms with Gasteiger partial charge in [0.1, 0.15) is 24.4 Å². The SMILES string of the molecule is CCCCCCCCCCCCCCCCCCCCCCCCCCCCCC(=O)NC(COC1OC(CO)C(O)C(O)C1O)C(O)CCCCCCCCCCCCCCCCC. The number of nitrogens with one attached hydrogen (secondary N) is 1. The molecule has 1 rings (SSSR count). The van der Waals surface area contributed by atoms with Crippen LogP contribution in [0.3, 0.4) is 0 Å². The van der Waals surface area contributed by atoms with E-state index >= 15 is 0 Å².